The Hall–Kier alpha value is -1.75. The highest BCUT2D eigenvalue weighted by Crippen LogP contribution is 2.19. The molecule has 0 radical (unpaired) electrons. The van der Waals surface area contributed by atoms with Crippen LogP contribution < -0.4 is 10.6 Å². The van der Waals surface area contributed by atoms with Crippen LogP contribution >= 0.6 is 0 Å². The number of imidazole rings is 1. The van der Waals surface area contributed by atoms with Crippen molar-refractivity contribution in [3.05, 3.63) is 28.7 Å². The second-order valence-electron chi connectivity index (χ2n) is 3.91. The van der Waals surface area contributed by atoms with E-state index in [1.807, 2.05) is 18.2 Å². The number of hydrogen-bond acceptors (Lipinski definition) is 3. The summed E-state index contributed by atoms with van der Waals surface area (Å²) in [6.45, 7) is 3.34. The fourth-order valence-corrected chi connectivity index (χ4v) is 2.04. The molecule has 0 bridgehead atoms. The van der Waals surface area contributed by atoms with Crippen molar-refractivity contribution in [1.29, 1.82) is 0 Å². The number of rotatable bonds is 1. The molecule has 2 heterocycles. The molecule has 1 fully saturated rings. The number of aromatic nitrogens is 2. The molecule has 1 aromatic carbocycles. The van der Waals surface area contributed by atoms with Gasteiger partial charge in [0.25, 0.3) is 0 Å². The van der Waals surface area contributed by atoms with Gasteiger partial charge in [0.2, 0.25) is 0 Å². The zero-order valence-corrected chi connectivity index (χ0v) is 8.82. The first-order valence-corrected chi connectivity index (χ1v) is 5.38. The zero-order valence-electron chi connectivity index (χ0n) is 8.82. The third-order valence-electron chi connectivity index (χ3n) is 2.88. The molecule has 0 aliphatic carbocycles. The second-order valence-corrected chi connectivity index (χ2v) is 3.91. The van der Waals surface area contributed by atoms with E-state index < -0.39 is 0 Å². The van der Waals surface area contributed by atoms with Gasteiger partial charge in [-0.15, -0.1) is 0 Å². The molecule has 84 valence electrons. The Bertz CT molecular complexity index is 552. The van der Waals surface area contributed by atoms with Gasteiger partial charge in [0, 0.05) is 18.8 Å². The number of hydrogen-bond donors (Lipinski definition) is 2. The summed E-state index contributed by atoms with van der Waals surface area (Å²) >= 11 is 0. The van der Waals surface area contributed by atoms with E-state index in [1.165, 1.54) is 0 Å². The van der Waals surface area contributed by atoms with Gasteiger partial charge in [-0.05, 0) is 18.2 Å². The van der Waals surface area contributed by atoms with Gasteiger partial charge in [-0.2, -0.15) is 0 Å². The maximum absolute atomic E-state index is 11.1. The molecule has 2 aromatic rings. The molecular weight excluding hydrogens is 206 g/mol. The fraction of sp³-hybridized carbons (Fsp3) is 0.364. The van der Waals surface area contributed by atoms with E-state index in [9.17, 15) is 4.79 Å². The lowest BCUT2D eigenvalue weighted by atomic mass is 10.2. The Morgan fingerprint density at radius 2 is 1.88 bits per heavy atom. The highest BCUT2D eigenvalue weighted by molar-refractivity contribution is 5.79. The molecular formula is C11H13N3O2. The molecule has 0 unspecified atom stereocenters. The third-order valence-corrected chi connectivity index (χ3v) is 2.88. The predicted octanol–water partition coefficient (Wildman–Crippen LogP) is 0.693. The maximum Gasteiger partial charge on any atom is 0.323 e. The molecule has 2 N–H and O–H groups in total. The van der Waals surface area contributed by atoms with Crippen LogP contribution in [0.5, 0.6) is 0 Å². The van der Waals surface area contributed by atoms with E-state index in [0.29, 0.717) is 0 Å². The minimum Gasteiger partial charge on any atom is -0.378 e. The minimum atomic E-state index is -0.158. The van der Waals surface area contributed by atoms with Crippen molar-refractivity contribution < 1.29 is 4.74 Å². The normalized spacial score (nSPS) is 16.9. The molecule has 5 heteroatoms. The monoisotopic (exact) mass is 219 g/mol. The van der Waals surface area contributed by atoms with Gasteiger partial charge in [-0.3, -0.25) is 0 Å². The Morgan fingerprint density at radius 3 is 2.69 bits per heavy atom. The lowest BCUT2D eigenvalue weighted by Crippen LogP contribution is -2.36. The van der Waals surface area contributed by atoms with Gasteiger partial charge >= 0.3 is 5.69 Å². The standard InChI is InChI=1S/C11H13N3O2/c15-11-12-9-2-1-8(7-10(9)13-11)14-3-5-16-6-4-14/h1-2,7H,3-6H2,(H2,12,13,15). The van der Waals surface area contributed by atoms with E-state index in [-0.39, 0.29) is 5.69 Å². The molecule has 0 atom stereocenters. The molecule has 5 nitrogen and oxygen atoms in total. The summed E-state index contributed by atoms with van der Waals surface area (Å²) in [6.07, 6.45) is 0. The van der Waals surface area contributed by atoms with Crippen molar-refractivity contribution in [3.8, 4) is 0 Å². The van der Waals surface area contributed by atoms with Gasteiger partial charge in [0.05, 0.1) is 24.2 Å². The number of nitrogens with zero attached hydrogens (tertiary/aromatic N) is 1. The largest absolute Gasteiger partial charge is 0.378 e. The van der Waals surface area contributed by atoms with Crippen LogP contribution in [0.4, 0.5) is 5.69 Å². The smallest absolute Gasteiger partial charge is 0.323 e. The summed E-state index contributed by atoms with van der Waals surface area (Å²) in [4.78, 5) is 18.9. The zero-order chi connectivity index (χ0) is 11.0. The highest BCUT2D eigenvalue weighted by atomic mass is 16.5. The van der Waals surface area contributed by atoms with E-state index >= 15 is 0 Å². The quantitative estimate of drug-likeness (QED) is 0.742. The van der Waals surface area contributed by atoms with E-state index in [4.69, 9.17) is 4.74 Å². The molecule has 0 saturated carbocycles. The third kappa shape index (κ3) is 1.59. The molecule has 16 heavy (non-hydrogen) atoms. The molecule has 1 aromatic heterocycles. The number of aromatic amines is 2. The van der Waals surface area contributed by atoms with Gasteiger partial charge in [-0.1, -0.05) is 0 Å². The average molecular weight is 219 g/mol. The lowest BCUT2D eigenvalue weighted by Gasteiger charge is -2.28. The first kappa shape index (κ1) is 9.47. The second kappa shape index (κ2) is 3.68. The number of anilines is 1. The number of morpholine rings is 1. The summed E-state index contributed by atoms with van der Waals surface area (Å²) in [5.41, 5.74) is 2.68. The topological polar surface area (TPSA) is 61.1 Å². The van der Waals surface area contributed by atoms with E-state index in [2.05, 4.69) is 14.9 Å². The van der Waals surface area contributed by atoms with Crippen LogP contribution in [0.1, 0.15) is 0 Å². The van der Waals surface area contributed by atoms with Crippen LogP contribution in [-0.2, 0) is 4.74 Å². The molecule has 1 aliphatic heterocycles. The summed E-state index contributed by atoms with van der Waals surface area (Å²) in [5, 5.41) is 0. The molecule has 1 aliphatic rings. The maximum atomic E-state index is 11.1. The number of H-pyrrole nitrogens is 2. The minimum absolute atomic E-state index is 0.158. The van der Waals surface area contributed by atoms with Crippen LogP contribution in [0.3, 0.4) is 0 Å². The van der Waals surface area contributed by atoms with Crippen molar-refractivity contribution >= 4 is 16.7 Å². The summed E-state index contributed by atoms with van der Waals surface area (Å²) < 4.78 is 5.31. The van der Waals surface area contributed by atoms with E-state index in [1.54, 1.807) is 0 Å². The van der Waals surface area contributed by atoms with Gasteiger partial charge in [-0.25, -0.2) is 4.79 Å². The Balaban J connectivity index is 2.00. The highest BCUT2D eigenvalue weighted by Gasteiger charge is 2.11. The Morgan fingerprint density at radius 1 is 1.12 bits per heavy atom. The first-order chi connectivity index (χ1) is 7.83. The number of ether oxygens (including phenoxy) is 1. The van der Waals surface area contributed by atoms with Gasteiger partial charge in [0.1, 0.15) is 0 Å². The number of benzene rings is 1. The van der Waals surface area contributed by atoms with Crippen molar-refractivity contribution in [2.75, 3.05) is 31.2 Å². The van der Waals surface area contributed by atoms with Crippen LogP contribution in [0, 0.1) is 0 Å². The SMILES string of the molecule is O=c1[nH]c2ccc(N3CCOCC3)cc2[nH]1. The first-order valence-electron chi connectivity index (χ1n) is 5.38. The van der Waals surface area contributed by atoms with Crippen molar-refractivity contribution in [2.24, 2.45) is 0 Å². The van der Waals surface area contributed by atoms with Crippen LogP contribution in [-0.4, -0.2) is 36.3 Å². The average Bonchev–Trinajstić information content (AvgIpc) is 2.69. The summed E-state index contributed by atoms with van der Waals surface area (Å²) in [5.74, 6) is 0. The molecule has 1 saturated heterocycles. The van der Waals surface area contributed by atoms with Crippen molar-refractivity contribution in [2.45, 2.75) is 0 Å². The fourth-order valence-electron chi connectivity index (χ4n) is 2.04. The van der Waals surface area contributed by atoms with Gasteiger partial charge in [0.15, 0.2) is 0 Å². The van der Waals surface area contributed by atoms with E-state index in [0.717, 1.165) is 43.0 Å². The Kier molecular flexibility index (Phi) is 2.18. The number of fused-ring (bicyclic) bond motifs is 1. The van der Waals surface area contributed by atoms with Crippen molar-refractivity contribution in [3.63, 3.8) is 0 Å². The predicted molar refractivity (Wildman–Crippen MR) is 62.0 cm³/mol. The van der Waals surface area contributed by atoms with Crippen LogP contribution in [0.15, 0.2) is 23.0 Å². The van der Waals surface area contributed by atoms with Crippen molar-refractivity contribution in [1.82, 2.24) is 9.97 Å². The summed E-state index contributed by atoms with van der Waals surface area (Å²) in [7, 11) is 0. The Labute approximate surface area is 92.0 Å². The molecule has 0 amide bonds. The molecule has 3 rings (SSSR count). The van der Waals surface area contributed by atoms with Crippen LogP contribution in [0.25, 0.3) is 11.0 Å². The number of nitrogens with one attached hydrogen (secondary N) is 2. The van der Waals surface area contributed by atoms with Crippen LogP contribution in [0.2, 0.25) is 0 Å². The molecule has 0 spiro atoms. The van der Waals surface area contributed by atoms with Gasteiger partial charge < -0.3 is 19.6 Å². The summed E-state index contributed by atoms with van der Waals surface area (Å²) in [6, 6.07) is 5.95. The lowest BCUT2D eigenvalue weighted by molar-refractivity contribution is 0.122.